The maximum Gasteiger partial charge on any atom is 0.233 e. The molecule has 0 saturated carbocycles. The highest BCUT2D eigenvalue weighted by Crippen LogP contribution is 2.23. The third-order valence-electron chi connectivity index (χ3n) is 4.91. The molecule has 0 bridgehead atoms. The van der Waals surface area contributed by atoms with Crippen LogP contribution < -0.4 is 4.74 Å². The number of aromatic amines is 1. The van der Waals surface area contributed by atoms with Gasteiger partial charge in [-0.3, -0.25) is 4.79 Å². The molecule has 3 aromatic carbocycles. The highest BCUT2D eigenvalue weighted by molar-refractivity contribution is 7.99. The Morgan fingerprint density at radius 1 is 1.10 bits per heavy atom. The number of ether oxygens (including phenoxy) is 1. The van der Waals surface area contributed by atoms with Gasteiger partial charge in [0.2, 0.25) is 5.91 Å². The van der Waals surface area contributed by atoms with E-state index in [1.54, 1.807) is 12.0 Å². The number of H-pyrrole nitrogens is 1. The summed E-state index contributed by atoms with van der Waals surface area (Å²) in [4.78, 5) is 22.2. The molecule has 4 rings (SSSR count). The van der Waals surface area contributed by atoms with Crippen LogP contribution in [0, 0.1) is 6.92 Å². The average Bonchev–Trinajstić information content (AvgIpc) is 3.13. The van der Waals surface area contributed by atoms with E-state index in [1.807, 2.05) is 37.4 Å². The molecule has 4 aromatic rings. The van der Waals surface area contributed by atoms with Crippen molar-refractivity contribution in [2.24, 2.45) is 0 Å². The van der Waals surface area contributed by atoms with Crippen LogP contribution in [0.3, 0.4) is 0 Å². The van der Waals surface area contributed by atoms with Crippen LogP contribution in [0.25, 0.3) is 21.8 Å². The molecule has 0 aliphatic carbocycles. The molecule has 0 spiro atoms. The largest absolute Gasteiger partial charge is 0.497 e. The van der Waals surface area contributed by atoms with Gasteiger partial charge in [0.15, 0.2) is 5.16 Å². The van der Waals surface area contributed by atoms with Crippen molar-refractivity contribution in [3.05, 3.63) is 65.7 Å². The molecule has 0 fully saturated rings. The van der Waals surface area contributed by atoms with E-state index >= 15 is 0 Å². The number of imidazole rings is 1. The summed E-state index contributed by atoms with van der Waals surface area (Å²) in [6.07, 6.45) is 0. The third kappa shape index (κ3) is 4.38. The lowest BCUT2D eigenvalue weighted by Gasteiger charge is -2.17. The smallest absolute Gasteiger partial charge is 0.233 e. The van der Waals surface area contributed by atoms with Crippen LogP contribution in [0.2, 0.25) is 0 Å². The summed E-state index contributed by atoms with van der Waals surface area (Å²) < 4.78 is 5.27. The summed E-state index contributed by atoms with van der Waals surface area (Å²) in [5.74, 6) is 1.26. The molecule has 6 heteroatoms. The number of carbonyl (C=O) groups excluding carboxylic acids is 1. The number of benzene rings is 3. The molecule has 148 valence electrons. The number of amides is 1. The van der Waals surface area contributed by atoms with Crippen molar-refractivity contribution in [1.29, 1.82) is 0 Å². The average molecular weight is 406 g/mol. The number of aryl methyl sites for hydroxylation is 1. The first-order valence-corrected chi connectivity index (χ1v) is 10.4. The minimum atomic E-state index is 0.0708. The quantitative estimate of drug-likeness (QED) is 0.469. The Morgan fingerprint density at radius 2 is 1.90 bits per heavy atom. The van der Waals surface area contributed by atoms with Gasteiger partial charge in [0, 0.05) is 13.6 Å². The second kappa shape index (κ2) is 8.17. The van der Waals surface area contributed by atoms with Crippen molar-refractivity contribution in [1.82, 2.24) is 14.9 Å². The second-order valence-corrected chi connectivity index (χ2v) is 8.11. The van der Waals surface area contributed by atoms with Crippen LogP contribution in [-0.4, -0.2) is 40.7 Å². The Kier molecular flexibility index (Phi) is 5.45. The summed E-state index contributed by atoms with van der Waals surface area (Å²) >= 11 is 1.43. The van der Waals surface area contributed by atoms with Gasteiger partial charge >= 0.3 is 0 Å². The standard InChI is InChI=1S/C23H23N3O2S/c1-15-4-9-20-21(10-15)25-23(24-20)29-14-22(27)26(2)13-16-5-6-18-12-19(28-3)8-7-17(18)11-16/h4-12H,13-14H2,1-3H3,(H,24,25). The lowest BCUT2D eigenvalue weighted by Crippen LogP contribution is -2.27. The maximum atomic E-state index is 12.6. The number of aromatic nitrogens is 2. The van der Waals surface area contributed by atoms with Crippen LogP contribution >= 0.6 is 11.8 Å². The Hall–Kier alpha value is -2.99. The number of rotatable bonds is 6. The molecular weight excluding hydrogens is 382 g/mol. The Morgan fingerprint density at radius 3 is 2.72 bits per heavy atom. The maximum absolute atomic E-state index is 12.6. The fourth-order valence-corrected chi connectivity index (χ4v) is 4.09. The topological polar surface area (TPSA) is 58.2 Å². The molecule has 5 nitrogen and oxygen atoms in total. The number of methoxy groups -OCH3 is 1. The first-order chi connectivity index (χ1) is 14.0. The fraction of sp³-hybridized carbons (Fsp3) is 0.217. The summed E-state index contributed by atoms with van der Waals surface area (Å²) in [6.45, 7) is 2.62. The highest BCUT2D eigenvalue weighted by Gasteiger charge is 2.12. The first-order valence-electron chi connectivity index (χ1n) is 9.41. The monoisotopic (exact) mass is 405 g/mol. The Balaban J connectivity index is 1.39. The fourth-order valence-electron chi connectivity index (χ4n) is 3.27. The molecule has 1 aromatic heterocycles. The van der Waals surface area contributed by atoms with Crippen LogP contribution in [0.4, 0.5) is 0 Å². The molecular formula is C23H23N3O2S. The summed E-state index contributed by atoms with van der Waals surface area (Å²) in [7, 11) is 3.50. The van der Waals surface area contributed by atoms with E-state index in [9.17, 15) is 4.79 Å². The summed E-state index contributed by atoms with van der Waals surface area (Å²) in [6, 6.07) is 18.3. The number of nitrogens with zero attached hydrogens (tertiary/aromatic N) is 2. The molecule has 0 aliphatic rings. The second-order valence-electron chi connectivity index (χ2n) is 7.15. The van der Waals surface area contributed by atoms with E-state index in [1.165, 1.54) is 17.3 Å². The molecule has 0 unspecified atom stereocenters. The van der Waals surface area contributed by atoms with Gasteiger partial charge in [-0.15, -0.1) is 0 Å². The van der Waals surface area contributed by atoms with Gasteiger partial charge < -0.3 is 14.6 Å². The zero-order chi connectivity index (χ0) is 20.4. The van der Waals surface area contributed by atoms with Crippen molar-refractivity contribution < 1.29 is 9.53 Å². The third-order valence-corrected chi connectivity index (χ3v) is 5.76. The number of hydrogen-bond acceptors (Lipinski definition) is 4. The molecule has 1 amide bonds. The predicted octanol–water partition coefficient (Wildman–Crippen LogP) is 4.78. The predicted molar refractivity (Wildman–Crippen MR) is 119 cm³/mol. The lowest BCUT2D eigenvalue weighted by atomic mass is 10.1. The minimum Gasteiger partial charge on any atom is -0.497 e. The Bertz CT molecular complexity index is 1190. The molecule has 0 atom stereocenters. The van der Waals surface area contributed by atoms with Crippen LogP contribution in [-0.2, 0) is 11.3 Å². The van der Waals surface area contributed by atoms with Crippen molar-refractivity contribution in [2.75, 3.05) is 19.9 Å². The summed E-state index contributed by atoms with van der Waals surface area (Å²) in [5.41, 5.74) is 4.21. The van der Waals surface area contributed by atoms with E-state index in [0.717, 1.165) is 38.3 Å². The van der Waals surface area contributed by atoms with Gasteiger partial charge in [0.25, 0.3) is 0 Å². The van der Waals surface area contributed by atoms with E-state index in [0.29, 0.717) is 12.3 Å². The molecule has 1 N–H and O–H groups in total. The Labute approximate surface area is 174 Å². The van der Waals surface area contributed by atoms with E-state index in [2.05, 4.69) is 41.2 Å². The number of nitrogens with one attached hydrogen (secondary N) is 1. The zero-order valence-corrected chi connectivity index (χ0v) is 17.5. The van der Waals surface area contributed by atoms with Gasteiger partial charge in [-0.2, -0.15) is 0 Å². The number of carbonyl (C=O) groups is 1. The van der Waals surface area contributed by atoms with Crippen molar-refractivity contribution in [3.8, 4) is 5.75 Å². The van der Waals surface area contributed by atoms with Crippen LogP contribution in [0.5, 0.6) is 5.75 Å². The van der Waals surface area contributed by atoms with Crippen LogP contribution in [0.1, 0.15) is 11.1 Å². The zero-order valence-electron chi connectivity index (χ0n) is 16.7. The van der Waals surface area contributed by atoms with Crippen molar-refractivity contribution >= 4 is 39.5 Å². The molecule has 1 heterocycles. The molecule has 0 radical (unpaired) electrons. The minimum absolute atomic E-state index is 0.0708. The van der Waals surface area contributed by atoms with Gasteiger partial charge in [0.1, 0.15) is 5.75 Å². The highest BCUT2D eigenvalue weighted by atomic mass is 32.2. The lowest BCUT2D eigenvalue weighted by molar-refractivity contribution is -0.127. The molecule has 0 saturated heterocycles. The number of hydrogen-bond donors (Lipinski definition) is 1. The van der Waals surface area contributed by atoms with Gasteiger partial charge in [-0.05, 0) is 59.2 Å². The van der Waals surface area contributed by atoms with Gasteiger partial charge in [-0.25, -0.2) is 4.98 Å². The van der Waals surface area contributed by atoms with E-state index < -0.39 is 0 Å². The van der Waals surface area contributed by atoms with E-state index in [4.69, 9.17) is 4.74 Å². The van der Waals surface area contributed by atoms with Gasteiger partial charge in [0.05, 0.1) is 23.9 Å². The number of thioether (sulfide) groups is 1. The van der Waals surface area contributed by atoms with Crippen molar-refractivity contribution in [2.45, 2.75) is 18.6 Å². The van der Waals surface area contributed by atoms with Crippen molar-refractivity contribution in [3.63, 3.8) is 0 Å². The molecule has 0 aliphatic heterocycles. The normalized spacial score (nSPS) is 11.1. The molecule has 29 heavy (non-hydrogen) atoms. The number of fused-ring (bicyclic) bond motifs is 2. The van der Waals surface area contributed by atoms with Gasteiger partial charge in [-0.1, -0.05) is 36.0 Å². The SMILES string of the molecule is COc1ccc2cc(CN(C)C(=O)CSc3nc4ccc(C)cc4[nH]3)ccc2c1. The summed E-state index contributed by atoms with van der Waals surface area (Å²) in [5, 5.41) is 3.03. The van der Waals surface area contributed by atoms with E-state index in [-0.39, 0.29) is 5.91 Å². The van der Waals surface area contributed by atoms with Crippen LogP contribution in [0.15, 0.2) is 59.8 Å². The first kappa shape index (κ1) is 19.3.